The first-order valence-corrected chi connectivity index (χ1v) is 5.43. The van der Waals surface area contributed by atoms with E-state index in [0.29, 0.717) is 0 Å². The van der Waals surface area contributed by atoms with Gasteiger partial charge in [-0.15, -0.1) is 0 Å². The molecular formula is C13H21N. The summed E-state index contributed by atoms with van der Waals surface area (Å²) in [5, 5.41) is 0. The predicted molar refractivity (Wildman–Crippen MR) is 63.3 cm³/mol. The van der Waals surface area contributed by atoms with E-state index in [9.17, 15) is 0 Å². The van der Waals surface area contributed by atoms with E-state index in [1.165, 1.54) is 25.1 Å². The minimum absolute atomic E-state index is 0.872. The molecule has 1 heteroatoms. The number of likely N-dealkylation sites (tertiary alicyclic amines) is 1. The molecule has 1 heterocycles. The molecule has 1 aliphatic rings. The van der Waals surface area contributed by atoms with E-state index in [1.807, 2.05) is 12.2 Å². The number of hydrogen-bond acceptors (Lipinski definition) is 1. The Balaban J connectivity index is 2.41. The molecule has 0 amide bonds. The summed E-state index contributed by atoms with van der Waals surface area (Å²) in [6.07, 6.45) is 9.52. The molecule has 0 aromatic heterocycles. The lowest BCUT2D eigenvalue weighted by Crippen LogP contribution is -2.22. The highest BCUT2D eigenvalue weighted by Crippen LogP contribution is 2.16. The van der Waals surface area contributed by atoms with Crippen molar-refractivity contribution >= 4 is 0 Å². The summed E-state index contributed by atoms with van der Waals surface area (Å²) >= 11 is 0. The molecule has 0 saturated carbocycles. The van der Waals surface area contributed by atoms with Gasteiger partial charge in [0.15, 0.2) is 0 Å². The molecule has 1 unspecified atom stereocenters. The van der Waals surface area contributed by atoms with Crippen LogP contribution in [0.4, 0.5) is 0 Å². The predicted octanol–water partition coefficient (Wildman–Crippen LogP) is 3.02. The Bertz CT molecular complexity index is 238. The van der Waals surface area contributed by atoms with Crippen LogP contribution in [0.25, 0.3) is 0 Å². The molecule has 0 bridgehead atoms. The van der Waals surface area contributed by atoms with Gasteiger partial charge in [0, 0.05) is 13.1 Å². The van der Waals surface area contributed by atoms with Gasteiger partial charge in [-0.3, -0.25) is 4.90 Å². The zero-order valence-corrected chi connectivity index (χ0v) is 9.37. The molecule has 14 heavy (non-hydrogen) atoms. The second-order valence-corrected chi connectivity index (χ2v) is 4.09. The SMILES string of the molecule is C=C/C=C\C(=C/C)CN1CCC(C)C1. The highest BCUT2D eigenvalue weighted by atomic mass is 15.1. The first kappa shape index (κ1) is 11.3. The molecule has 78 valence electrons. The summed E-state index contributed by atoms with van der Waals surface area (Å²) in [5.74, 6) is 0.872. The maximum Gasteiger partial charge on any atom is 0.0230 e. The zero-order chi connectivity index (χ0) is 10.4. The molecule has 0 N–H and O–H groups in total. The Morgan fingerprint density at radius 1 is 1.57 bits per heavy atom. The van der Waals surface area contributed by atoms with Crippen LogP contribution in [0.3, 0.4) is 0 Å². The number of hydrogen-bond donors (Lipinski definition) is 0. The maximum absolute atomic E-state index is 3.68. The second kappa shape index (κ2) is 5.82. The molecule has 1 aliphatic heterocycles. The van der Waals surface area contributed by atoms with Crippen LogP contribution in [0.15, 0.2) is 36.5 Å². The van der Waals surface area contributed by atoms with Crippen molar-refractivity contribution in [2.75, 3.05) is 19.6 Å². The van der Waals surface area contributed by atoms with Crippen molar-refractivity contribution in [1.82, 2.24) is 4.90 Å². The minimum Gasteiger partial charge on any atom is -0.299 e. The average Bonchev–Trinajstić information content (AvgIpc) is 2.58. The monoisotopic (exact) mass is 191 g/mol. The molecule has 1 saturated heterocycles. The number of allylic oxidation sites excluding steroid dienone is 3. The van der Waals surface area contributed by atoms with Crippen molar-refractivity contribution in [1.29, 1.82) is 0 Å². The lowest BCUT2D eigenvalue weighted by molar-refractivity contribution is 0.358. The quantitative estimate of drug-likeness (QED) is 0.617. The summed E-state index contributed by atoms with van der Waals surface area (Å²) in [7, 11) is 0. The maximum atomic E-state index is 3.68. The van der Waals surface area contributed by atoms with Crippen molar-refractivity contribution < 1.29 is 0 Å². The van der Waals surface area contributed by atoms with Crippen molar-refractivity contribution in [2.45, 2.75) is 20.3 Å². The third-order valence-corrected chi connectivity index (χ3v) is 2.73. The standard InChI is InChI=1S/C13H21N/c1-4-6-7-13(5-2)11-14-9-8-12(3)10-14/h4-7,12H,1,8-11H2,2-3H3/b7-6-,13-5+. The Kier molecular flexibility index (Phi) is 4.68. The Labute approximate surface area is 87.8 Å². The van der Waals surface area contributed by atoms with E-state index in [-0.39, 0.29) is 0 Å². The fourth-order valence-electron chi connectivity index (χ4n) is 1.86. The van der Waals surface area contributed by atoms with Gasteiger partial charge < -0.3 is 0 Å². The molecule has 1 rings (SSSR count). The van der Waals surface area contributed by atoms with Gasteiger partial charge in [0.2, 0.25) is 0 Å². The van der Waals surface area contributed by atoms with Gasteiger partial charge in [0.25, 0.3) is 0 Å². The van der Waals surface area contributed by atoms with E-state index >= 15 is 0 Å². The molecule has 0 aromatic rings. The average molecular weight is 191 g/mol. The summed E-state index contributed by atoms with van der Waals surface area (Å²) in [5.41, 5.74) is 1.39. The van der Waals surface area contributed by atoms with Gasteiger partial charge in [0.05, 0.1) is 0 Å². The molecule has 0 aliphatic carbocycles. The highest BCUT2D eigenvalue weighted by Gasteiger charge is 2.18. The van der Waals surface area contributed by atoms with Gasteiger partial charge in [-0.1, -0.05) is 37.8 Å². The topological polar surface area (TPSA) is 3.24 Å². The van der Waals surface area contributed by atoms with Crippen LogP contribution in [-0.2, 0) is 0 Å². The van der Waals surface area contributed by atoms with E-state index in [0.717, 1.165) is 12.5 Å². The molecule has 1 nitrogen and oxygen atoms in total. The number of rotatable bonds is 4. The molecular weight excluding hydrogens is 170 g/mol. The van der Waals surface area contributed by atoms with Crippen LogP contribution < -0.4 is 0 Å². The molecule has 1 fully saturated rings. The summed E-state index contributed by atoms with van der Waals surface area (Å²) in [4.78, 5) is 2.52. The second-order valence-electron chi connectivity index (χ2n) is 4.09. The fourth-order valence-corrected chi connectivity index (χ4v) is 1.86. The Hall–Kier alpha value is -0.820. The van der Waals surface area contributed by atoms with Crippen LogP contribution in [-0.4, -0.2) is 24.5 Å². The Morgan fingerprint density at radius 3 is 2.86 bits per heavy atom. The van der Waals surface area contributed by atoms with E-state index in [4.69, 9.17) is 0 Å². The minimum atomic E-state index is 0.872. The van der Waals surface area contributed by atoms with Crippen molar-refractivity contribution in [3.8, 4) is 0 Å². The van der Waals surface area contributed by atoms with Crippen LogP contribution in [0.5, 0.6) is 0 Å². The van der Waals surface area contributed by atoms with Gasteiger partial charge in [-0.05, 0) is 31.4 Å². The first-order chi connectivity index (χ1) is 6.76. The lowest BCUT2D eigenvalue weighted by atomic mass is 10.2. The largest absolute Gasteiger partial charge is 0.299 e. The van der Waals surface area contributed by atoms with Gasteiger partial charge in [0.1, 0.15) is 0 Å². The third kappa shape index (κ3) is 3.51. The van der Waals surface area contributed by atoms with Gasteiger partial charge in [-0.2, -0.15) is 0 Å². The van der Waals surface area contributed by atoms with Crippen LogP contribution in [0.2, 0.25) is 0 Å². The van der Waals surface area contributed by atoms with Crippen molar-refractivity contribution in [3.63, 3.8) is 0 Å². The first-order valence-electron chi connectivity index (χ1n) is 5.43. The van der Waals surface area contributed by atoms with Crippen molar-refractivity contribution in [3.05, 3.63) is 36.5 Å². The van der Waals surface area contributed by atoms with Gasteiger partial charge in [-0.25, -0.2) is 0 Å². The summed E-state index contributed by atoms with van der Waals surface area (Å²) < 4.78 is 0. The number of nitrogens with zero attached hydrogens (tertiary/aromatic N) is 1. The van der Waals surface area contributed by atoms with E-state index in [1.54, 1.807) is 0 Å². The molecule has 0 aromatic carbocycles. The van der Waals surface area contributed by atoms with Crippen LogP contribution >= 0.6 is 0 Å². The van der Waals surface area contributed by atoms with Crippen LogP contribution in [0.1, 0.15) is 20.3 Å². The fraction of sp³-hybridized carbons (Fsp3) is 0.538. The van der Waals surface area contributed by atoms with Crippen LogP contribution in [0, 0.1) is 5.92 Å². The normalized spacial score (nSPS) is 24.7. The van der Waals surface area contributed by atoms with Gasteiger partial charge >= 0.3 is 0 Å². The Morgan fingerprint density at radius 2 is 2.36 bits per heavy atom. The van der Waals surface area contributed by atoms with E-state index in [2.05, 4.69) is 37.5 Å². The third-order valence-electron chi connectivity index (χ3n) is 2.73. The highest BCUT2D eigenvalue weighted by molar-refractivity contribution is 5.22. The smallest absolute Gasteiger partial charge is 0.0230 e. The summed E-state index contributed by atoms with van der Waals surface area (Å²) in [6, 6.07) is 0. The zero-order valence-electron chi connectivity index (χ0n) is 9.37. The van der Waals surface area contributed by atoms with E-state index < -0.39 is 0 Å². The molecule has 0 spiro atoms. The van der Waals surface area contributed by atoms with Crippen molar-refractivity contribution in [2.24, 2.45) is 5.92 Å². The molecule has 1 atom stereocenters. The summed E-state index contributed by atoms with van der Waals surface area (Å²) in [6.45, 7) is 11.7. The lowest BCUT2D eigenvalue weighted by Gasteiger charge is -2.15. The molecule has 0 radical (unpaired) electrons.